The number of benzene rings is 2. The maximum atomic E-state index is 15.3. The summed E-state index contributed by atoms with van der Waals surface area (Å²) in [5.41, 5.74) is 1.68. The number of hydrogen-bond donors (Lipinski definition) is 1. The smallest absolute Gasteiger partial charge is 0.225 e. The third kappa shape index (κ3) is 4.25. The fourth-order valence-electron chi connectivity index (χ4n) is 4.51. The Kier molecular flexibility index (Phi) is 6.12. The summed E-state index contributed by atoms with van der Waals surface area (Å²) in [5, 5.41) is 14.2. The average Bonchev–Trinajstić information content (AvgIpc) is 3.47. The van der Waals surface area contributed by atoms with Crippen molar-refractivity contribution in [2.75, 3.05) is 0 Å². The van der Waals surface area contributed by atoms with Crippen molar-refractivity contribution in [2.24, 2.45) is 5.92 Å². The lowest BCUT2D eigenvalue weighted by molar-refractivity contribution is 0.350. The SMILES string of the molecule is Fc1ccc(-c2c(-c3nn[nH]n3)nc(CC3CCCCC3)n2-c2cccc(Cl)c2F)cc1Cl. The zero-order chi connectivity index (χ0) is 22.9. The van der Waals surface area contributed by atoms with Crippen LogP contribution in [-0.2, 0) is 6.42 Å². The Morgan fingerprint density at radius 1 is 1.03 bits per heavy atom. The first-order valence-corrected chi connectivity index (χ1v) is 11.5. The Morgan fingerprint density at radius 3 is 2.58 bits per heavy atom. The van der Waals surface area contributed by atoms with Gasteiger partial charge in [0.1, 0.15) is 17.3 Å². The summed E-state index contributed by atoms with van der Waals surface area (Å²) in [6.45, 7) is 0. The summed E-state index contributed by atoms with van der Waals surface area (Å²) < 4.78 is 31.0. The third-order valence-corrected chi connectivity index (χ3v) is 6.65. The molecule has 1 N–H and O–H groups in total. The van der Waals surface area contributed by atoms with Crippen molar-refractivity contribution < 1.29 is 8.78 Å². The number of tetrazole rings is 1. The lowest BCUT2D eigenvalue weighted by Crippen LogP contribution is -2.14. The summed E-state index contributed by atoms with van der Waals surface area (Å²) in [6, 6.07) is 9.14. The molecular weight excluding hydrogens is 469 g/mol. The van der Waals surface area contributed by atoms with Gasteiger partial charge in [-0.1, -0.05) is 61.4 Å². The van der Waals surface area contributed by atoms with E-state index >= 15 is 4.39 Å². The van der Waals surface area contributed by atoms with Crippen LogP contribution in [0.15, 0.2) is 36.4 Å². The minimum atomic E-state index is -0.574. The Balaban J connectivity index is 1.78. The van der Waals surface area contributed by atoms with Crippen LogP contribution in [0.4, 0.5) is 8.78 Å². The second-order valence-electron chi connectivity index (χ2n) is 8.21. The number of aromatic nitrogens is 6. The lowest BCUT2D eigenvalue weighted by Gasteiger charge is -2.22. The number of nitrogens with one attached hydrogen (secondary N) is 1. The molecule has 170 valence electrons. The highest BCUT2D eigenvalue weighted by Gasteiger charge is 2.28. The van der Waals surface area contributed by atoms with E-state index in [0.717, 1.165) is 25.7 Å². The van der Waals surface area contributed by atoms with Gasteiger partial charge < -0.3 is 0 Å². The van der Waals surface area contributed by atoms with Gasteiger partial charge >= 0.3 is 0 Å². The molecule has 0 bridgehead atoms. The van der Waals surface area contributed by atoms with Crippen molar-refractivity contribution in [2.45, 2.75) is 38.5 Å². The Morgan fingerprint density at radius 2 is 1.85 bits per heavy atom. The number of aromatic amines is 1. The first kappa shape index (κ1) is 22.0. The van der Waals surface area contributed by atoms with Crippen molar-refractivity contribution in [3.8, 4) is 28.5 Å². The monoisotopic (exact) mass is 488 g/mol. The highest BCUT2D eigenvalue weighted by Crippen LogP contribution is 2.38. The van der Waals surface area contributed by atoms with Gasteiger partial charge in [-0.25, -0.2) is 13.8 Å². The van der Waals surface area contributed by atoms with Gasteiger partial charge in [0.25, 0.3) is 0 Å². The maximum Gasteiger partial charge on any atom is 0.225 e. The van der Waals surface area contributed by atoms with Gasteiger partial charge in [0, 0.05) is 12.0 Å². The van der Waals surface area contributed by atoms with Gasteiger partial charge in [0.2, 0.25) is 5.82 Å². The molecule has 2 heterocycles. The molecule has 0 radical (unpaired) electrons. The Hall–Kier alpha value is -2.84. The van der Waals surface area contributed by atoms with Crippen LogP contribution < -0.4 is 0 Å². The molecule has 6 nitrogen and oxygen atoms in total. The van der Waals surface area contributed by atoms with Crippen molar-refractivity contribution in [1.29, 1.82) is 0 Å². The fraction of sp³-hybridized carbons (Fsp3) is 0.304. The number of rotatable bonds is 5. The molecule has 0 aliphatic heterocycles. The molecule has 0 atom stereocenters. The predicted molar refractivity (Wildman–Crippen MR) is 122 cm³/mol. The van der Waals surface area contributed by atoms with E-state index in [1.807, 2.05) is 0 Å². The summed E-state index contributed by atoms with van der Waals surface area (Å²) in [5.74, 6) is 0.194. The van der Waals surface area contributed by atoms with Crippen LogP contribution in [0.1, 0.15) is 37.9 Å². The Bertz CT molecular complexity index is 1280. The highest BCUT2D eigenvalue weighted by atomic mass is 35.5. The van der Waals surface area contributed by atoms with Gasteiger partial charge in [-0.15, -0.1) is 10.2 Å². The molecule has 1 aliphatic rings. The van der Waals surface area contributed by atoms with Crippen LogP contribution >= 0.6 is 23.2 Å². The molecular formula is C23H20Cl2F2N6. The summed E-state index contributed by atoms with van der Waals surface area (Å²) in [7, 11) is 0. The van der Waals surface area contributed by atoms with Crippen molar-refractivity contribution in [3.05, 3.63) is 63.9 Å². The number of H-pyrrole nitrogens is 1. The van der Waals surface area contributed by atoms with Gasteiger partial charge in [-0.2, -0.15) is 5.21 Å². The van der Waals surface area contributed by atoms with E-state index in [-0.39, 0.29) is 21.6 Å². The van der Waals surface area contributed by atoms with Crippen LogP contribution in [0.2, 0.25) is 10.0 Å². The van der Waals surface area contributed by atoms with Gasteiger partial charge in [0.05, 0.1) is 21.4 Å². The normalized spacial score (nSPS) is 14.7. The third-order valence-electron chi connectivity index (χ3n) is 6.07. The molecule has 2 aromatic carbocycles. The molecule has 2 aromatic heterocycles. The average molecular weight is 489 g/mol. The summed E-state index contributed by atoms with van der Waals surface area (Å²) in [6.07, 6.45) is 6.36. The minimum Gasteiger partial charge on any atom is -0.292 e. The summed E-state index contributed by atoms with van der Waals surface area (Å²) >= 11 is 12.2. The van der Waals surface area contributed by atoms with Crippen LogP contribution in [0, 0.1) is 17.6 Å². The second-order valence-corrected chi connectivity index (χ2v) is 9.02. The highest BCUT2D eigenvalue weighted by molar-refractivity contribution is 6.31. The number of imidazole rings is 1. The van der Waals surface area contributed by atoms with Crippen molar-refractivity contribution >= 4 is 23.2 Å². The second kappa shape index (κ2) is 9.19. The van der Waals surface area contributed by atoms with E-state index < -0.39 is 11.6 Å². The zero-order valence-electron chi connectivity index (χ0n) is 17.5. The summed E-state index contributed by atoms with van der Waals surface area (Å²) in [4.78, 5) is 4.85. The molecule has 33 heavy (non-hydrogen) atoms. The molecule has 1 fully saturated rings. The van der Waals surface area contributed by atoms with Crippen molar-refractivity contribution in [1.82, 2.24) is 30.2 Å². The van der Waals surface area contributed by atoms with E-state index in [2.05, 4.69) is 20.6 Å². The first-order valence-electron chi connectivity index (χ1n) is 10.8. The number of halogens is 4. The van der Waals surface area contributed by atoms with Gasteiger partial charge in [-0.3, -0.25) is 4.57 Å². The van der Waals surface area contributed by atoms with E-state index in [4.69, 9.17) is 28.2 Å². The molecule has 10 heteroatoms. The van der Waals surface area contributed by atoms with Crippen molar-refractivity contribution in [3.63, 3.8) is 0 Å². The molecule has 0 saturated heterocycles. The predicted octanol–water partition coefficient (Wildman–Crippen LogP) is 6.43. The van der Waals surface area contributed by atoms with E-state index in [1.54, 1.807) is 22.8 Å². The van der Waals surface area contributed by atoms with Gasteiger partial charge in [-0.05, 0) is 41.5 Å². The van der Waals surface area contributed by atoms with Gasteiger partial charge in [0.15, 0.2) is 5.82 Å². The topological polar surface area (TPSA) is 72.3 Å². The molecule has 0 unspecified atom stereocenters. The molecule has 0 spiro atoms. The molecule has 0 amide bonds. The van der Waals surface area contributed by atoms with Crippen LogP contribution in [-0.4, -0.2) is 30.2 Å². The molecule has 5 rings (SSSR count). The van der Waals surface area contributed by atoms with E-state index in [0.29, 0.717) is 35.1 Å². The zero-order valence-corrected chi connectivity index (χ0v) is 19.0. The van der Waals surface area contributed by atoms with Crippen LogP contribution in [0.5, 0.6) is 0 Å². The number of nitrogens with zero attached hydrogens (tertiary/aromatic N) is 5. The maximum absolute atomic E-state index is 15.3. The quantitative estimate of drug-likeness (QED) is 0.351. The minimum absolute atomic E-state index is 0.00554. The lowest BCUT2D eigenvalue weighted by atomic mass is 9.87. The fourth-order valence-corrected chi connectivity index (χ4v) is 4.86. The van der Waals surface area contributed by atoms with E-state index in [9.17, 15) is 4.39 Å². The first-order chi connectivity index (χ1) is 16.0. The van der Waals surface area contributed by atoms with E-state index in [1.165, 1.54) is 24.6 Å². The Labute approximate surface area is 199 Å². The molecule has 1 saturated carbocycles. The standard InChI is InChI=1S/C23H20Cl2F2N6/c24-15-7-4-8-18(20(15)27)33-19(11-13-5-2-1-3-6-13)28-21(23-29-31-32-30-23)22(33)14-9-10-17(26)16(25)12-14/h4,7-10,12-13H,1-3,5-6,11H2,(H,29,30,31,32). The number of hydrogen-bond acceptors (Lipinski definition) is 4. The molecule has 1 aliphatic carbocycles. The van der Waals surface area contributed by atoms with Crippen LogP contribution in [0.25, 0.3) is 28.5 Å². The molecule has 4 aromatic rings. The largest absolute Gasteiger partial charge is 0.292 e. The van der Waals surface area contributed by atoms with Crippen LogP contribution in [0.3, 0.4) is 0 Å².